The molecule has 0 aliphatic heterocycles. The minimum atomic E-state index is 0.176. The largest absolute Gasteiger partial charge is 0.396 e. The fourth-order valence-corrected chi connectivity index (χ4v) is 2.00. The fourth-order valence-electron chi connectivity index (χ4n) is 1.72. The zero-order valence-electron chi connectivity index (χ0n) is 9.78. The van der Waals surface area contributed by atoms with Crippen LogP contribution in [0.5, 0.6) is 0 Å². The van der Waals surface area contributed by atoms with Crippen LogP contribution in [0.15, 0.2) is 18.3 Å². The van der Waals surface area contributed by atoms with E-state index in [-0.39, 0.29) is 12.6 Å². The lowest BCUT2D eigenvalue weighted by molar-refractivity contribution is 0.274. The molecule has 2 atom stereocenters. The number of aliphatic hydroxyl groups excluding tert-OH is 1. The monoisotopic (exact) mass is 242 g/mol. The van der Waals surface area contributed by atoms with Gasteiger partial charge in [-0.15, -0.1) is 0 Å². The van der Waals surface area contributed by atoms with Crippen molar-refractivity contribution in [1.29, 1.82) is 0 Å². The van der Waals surface area contributed by atoms with E-state index in [9.17, 15) is 0 Å². The number of halogens is 1. The molecule has 2 unspecified atom stereocenters. The van der Waals surface area contributed by atoms with Crippen molar-refractivity contribution in [2.24, 2.45) is 0 Å². The van der Waals surface area contributed by atoms with E-state index in [0.29, 0.717) is 11.2 Å². The van der Waals surface area contributed by atoms with Gasteiger partial charge in [0.05, 0.1) is 0 Å². The first-order valence-electron chi connectivity index (χ1n) is 5.62. The molecule has 4 heteroatoms. The number of aromatic nitrogens is 1. The third-order valence-corrected chi connectivity index (χ3v) is 2.90. The molecule has 0 spiro atoms. The van der Waals surface area contributed by atoms with E-state index in [1.54, 1.807) is 6.20 Å². The second kappa shape index (κ2) is 6.84. The van der Waals surface area contributed by atoms with Crippen molar-refractivity contribution in [1.82, 2.24) is 10.3 Å². The summed E-state index contributed by atoms with van der Waals surface area (Å²) in [5.74, 6) is 0. The van der Waals surface area contributed by atoms with Crippen molar-refractivity contribution in [2.45, 2.75) is 38.8 Å². The topological polar surface area (TPSA) is 45.1 Å². The summed E-state index contributed by atoms with van der Waals surface area (Å²) >= 11 is 6.02. The highest BCUT2D eigenvalue weighted by Crippen LogP contribution is 2.20. The van der Waals surface area contributed by atoms with Gasteiger partial charge in [0.2, 0.25) is 0 Å². The lowest BCUT2D eigenvalue weighted by Gasteiger charge is -2.20. The SMILES string of the molecule is CC(CCCO)NC(C)c1cccnc1Cl. The van der Waals surface area contributed by atoms with Crippen LogP contribution in [0.3, 0.4) is 0 Å². The van der Waals surface area contributed by atoms with Crippen LogP contribution in [0.25, 0.3) is 0 Å². The van der Waals surface area contributed by atoms with Crippen LogP contribution in [-0.4, -0.2) is 22.7 Å². The Hall–Kier alpha value is -0.640. The van der Waals surface area contributed by atoms with E-state index in [1.807, 2.05) is 12.1 Å². The zero-order chi connectivity index (χ0) is 12.0. The van der Waals surface area contributed by atoms with Gasteiger partial charge in [-0.25, -0.2) is 4.98 Å². The number of rotatable bonds is 6. The molecule has 0 saturated carbocycles. The summed E-state index contributed by atoms with van der Waals surface area (Å²) in [6, 6.07) is 4.40. The van der Waals surface area contributed by atoms with Crippen LogP contribution in [0.4, 0.5) is 0 Å². The maximum atomic E-state index is 8.75. The first-order valence-corrected chi connectivity index (χ1v) is 6.00. The highest BCUT2D eigenvalue weighted by Gasteiger charge is 2.12. The molecule has 0 fully saturated rings. The van der Waals surface area contributed by atoms with Gasteiger partial charge in [-0.1, -0.05) is 17.7 Å². The molecular weight excluding hydrogens is 224 g/mol. The maximum absolute atomic E-state index is 8.75. The lowest BCUT2D eigenvalue weighted by atomic mass is 10.1. The van der Waals surface area contributed by atoms with Gasteiger partial charge >= 0.3 is 0 Å². The van der Waals surface area contributed by atoms with E-state index in [0.717, 1.165) is 18.4 Å². The molecule has 0 radical (unpaired) electrons. The van der Waals surface area contributed by atoms with Crippen molar-refractivity contribution in [3.8, 4) is 0 Å². The number of hydrogen-bond donors (Lipinski definition) is 2. The van der Waals surface area contributed by atoms with E-state index < -0.39 is 0 Å². The summed E-state index contributed by atoms with van der Waals surface area (Å²) < 4.78 is 0. The summed E-state index contributed by atoms with van der Waals surface area (Å²) in [7, 11) is 0. The highest BCUT2D eigenvalue weighted by atomic mass is 35.5. The third kappa shape index (κ3) is 4.08. The molecule has 3 nitrogen and oxygen atoms in total. The van der Waals surface area contributed by atoms with Crippen molar-refractivity contribution >= 4 is 11.6 Å². The molecule has 90 valence electrons. The minimum absolute atomic E-state index is 0.176. The first kappa shape index (κ1) is 13.4. The smallest absolute Gasteiger partial charge is 0.133 e. The average molecular weight is 243 g/mol. The fraction of sp³-hybridized carbons (Fsp3) is 0.583. The molecule has 1 rings (SSSR count). The van der Waals surface area contributed by atoms with Crippen LogP contribution >= 0.6 is 11.6 Å². The van der Waals surface area contributed by atoms with E-state index in [4.69, 9.17) is 16.7 Å². The molecule has 1 heterocycles. The van der Waals surface area contributed by atoms with Gasteiger partial charge in [0, 0.05) is 30.5 Å². The molecule has 2 N–H and O–H groups in total. The van der Waals surface area contributed by atoms with Gasteiger partial charge in [-0.2, -0.15) is 0 Å². The molecule has 1 aromatic rings. The Bertz CT molecular complexity index is 320. The van der Waals surface area contributed by atoms with E-state index in [2.05, 4.69) is 24.1 Å². The van der Waals surface area contributed by atoms with Gasteiger partial charge in [0.1, 0.15) is 5.15 Å². The van der Waals surface area contributed by atoms with Gasteiger partial charge in [0.25, 0.3) is 0 Å². The second-order valence-corrected chi connectivity index (χ2v) is 4.40. The number of aliphatic hydroxyl groups is 1. The van der Waals surface area contributed by atoms with Crippen LogP contribution < -0.4 is 5.32 Å². The van der Waals surface area contributed by atoms with E-state index >= 15 is 0 Å². The van der Waals surface area contributed by atoms with Crippen molar-refractivity contribution in [3.63, 3.8) is 0 Å². The molecule has 0 aliphatic carbocycles. The highest BCUT2D eigenvalue weighted by molar-refractivity contribution is 6.30. The molecule has 0 amide bonds. The van der Waals surface area contributed by atoms with Crippen LogP contribution in [-0.2, 0) is 0 Å². The molecule has 0 saturated heterocycles. The predicted molar refractivity (Wildman–Crippen MR) is 66.6 cm³/mol. The Morgan fingerprint density at radius 1 is 1.50 bits per heavy atom. The minimum Gasteiger partial charge on any atom is -0.396 e. The average Bonchev–Trinajstić information content (AvgIpc) is 2.26. The Morgan fingerprint density at radius 2 is 2.25 bits per heavy atom. The van der Waals surface area contributed by atoms with Gasteiger partial charge in [0.15, 0.2) is 0 Å². The molecular formula is C12H19ClN2O. The number of pyridine rings is 1. The maximum Gasteiger partial charge on any atom is 0.133 e. The molecule has 16 heavy (non-hydrogen) atoms. The van der Waals surface area contributed by atoms with Gasteiger partial charge in [-0.05, 0) is 32.8 Å². The number of hydrogen-bond acceptors (Lipinski definition) is 3. The van der Waals surface area contributed by atoms with Crippen molar-refractivity contribution < 1.29 is 5.11 Å². The summed E-state index contributed by atoms with van der Waals surface area (Å²) in [6.45, 7) is 4.42. The van der Waals surface area contributed by atoms with Gasteiger partial charge in [-0.3, -0.25) is 0 Å². The number of nitrogens with one attached hydrogen (secondary N) is 1. The van der Waals surface area contributed by atoms with Crippen molar-refractivity contribution in [2.75, 3.05) is 6.61 Å². The zero-order valence-corrected chi connectivity index (χ0v) is 10.5. The van der Waals surface area contributed by atoms with Gasteiger partial charge < -0.3 is 10.4 Å². The van der Waals surface area contributed by atoms with Crippen LogP contribution in [0.2, 0.25) is 5.15 Å². The summed E-state index contributed by atoms with van der Waals surface area (Å²) in [6.07, 6.45) is 3.47. The van der Waals surface area contributed by atoms with Crippen LogP contribution in [0, 0.1) is 0 Å². The summed E-state index contributed by atoms with van der Waals surface area (Å²) in [4.78, 5) is 4.06. The quantitative estimate of drug-likeness (QED) is 0.754. The predicted octanol–water partition coefficient (Wildman–Crippen LogP) is 2.55. The number of nitrogens with zero attached hydrogens (tertiary/aromatic N) is 1. The molecule has 0 bridgehead atoms. The standard InChI is InChI=1S/C12H19ClN2O/c1-9(5-4-8-16)15-10(2)11-6-3-7-14-12(11)13/h3,6-7,9-10,15-16H,4-5,8H2,1-2H3. The van der Waals surface area contributed by atoms with Crippen molar-refractivity contribution in [3.05, 3.63) is 29.0 Å². The Kier molecular flexibility index (Phi) is 5.74. The molecule has 0 aromatic carbocycles. The third-order valence-electron chi connectivity index (χ3n) is 2.58. The molecule has 0 aliphatic rings. The normalized spacial score (nSPS) is 14.8. The van der Waals surface area contributed by atoms with Crippen LogP contribution in [0.1, 0.15) is 38.3 Å². The Labute approximate surface area is 102 Å². The Morgan fingerprint density at radius 3 is 2.88 bits per heavy atom. The first-order chi connectivity index (χ1) is 7.65. The molecule has 1 aromatic heterocycles. The Balaban J connectivity index is 2.52. The lowest BCUT2D eigenvalue weighted by Crippen LogP contribution is -2.29. The summed E-state index contributed by atoms with van der Waals surface area (Å²) in [5.41, 5.74) is 1.01. The summed E-state index contributed by atoms with van der Waals surface area (Å²) in [5, 5.41) is 12.7. The second-order valence-electron chi connectivity index (χ2n) is 4.04. The van der Waals surface area contributed by atoms with E-state index in [1.165, 1.54) is 0 Å².